The molecule has 0 spiro atoms. The predicted molar refractivity (Wildman–Crippen MR) is 121 cm³/mol. The van der Waals surface area contributed by atoms with Crippen molar-refractivity contribution in [2.24, 2.45) is 0 Å². The van der Waals surface area contributed by atoms with Gasteiger partial charge in [-0.25, -0.2) is 13.2 Å². The first-order valence-electron chi connectivity index (χ1n) is 11.0. The van der Waals surface area contributed by atoms with E-state index < -0.39 is 29.2 Å². The summed E-state index contributed by atoms with van der Waals surface area (Å²) >= 11 is 0. The Balaban J connectivity index is 1.58. The van der Waals surface area contributed by atoms with E-state index in [9.17, 15) is 17.6 Å². The number of ether oxygens (including phenoxy) is 3. The smallest absolute Gasteiger partial charge is 0.201 e. The van der Waals surface area contributed by atoms with Gasteiger partial charge < -0.3 is 14.2 Å². The summed E-state index contributed by atoms with van der Waals surface area (Å²) in [6, 6.07) is 11.9. The molecule has 0 N–H and O–H groups in total. The second kappa shape index (κ2) is 10.4. The second-order valence-corrected chi connectivity index (χ2v) is 7.94. The topological polar surface area (TPSA) is 27.7 Å². The lowest BCUT2D eigenvalue weighted by Gasteiger charge is -2.29. The van der Waals surface area contributed by atoms with Crippen LogP contribution >= 0.6 is 0 Å². The Morgan fingerprint density at radius 3 is 1.91 bits per heavy atom. The molecule has 0 saturated carbocycles. The van der Waals surface area contributed by atoms with E-state index >= 15 is 0 Å². The molecule has 0 radical (unpaired) electrons. The van der Waals surface area contributed by atoms with Crippen molar-refractivity contribution in [3.05, 3.63) is 89.7 Å². The molecule has 1 aliphatic heterocycles. The third kappa shape index (κ3) is 4.72. The molecule has 0 bridgehead atoms. The van der Waals surface area contributed by atoms with Crippen molar-refractivity contribution in [1.29, 1.82) is 0 Å². The number of rotatable bonds is 6. The van der Waals surface area contributed by atoms with E-state index in [0.717, 1.165) is 0 Å². The average Bonchev–Trinajstić information content (AvgIpc) is 2.87. The third-order valence-corrected chi connectivity index (χ3v) is 5.74. The van der Waals surface area contributed by atoms with Crippen LogP contribution in [-0.2, 0) is 9.47 Å². The maximum Gasteiger partial charge on any atom is 0.201 e. The van der Waals surface area contributed by atoms with Crippen molar-refractivity contribution in [3.63, 3.8) is 0 Å². The van der Waals surface area contributed by atoms with Crippen molar-refractivity contribution in [2.75, 3.05) is 13.2 Å². The van der Waals surface area contributed by atoms with Gasteiger partial charge in [0.15, 0.2) is 29.5 Å². The molecule has 0 aliphatic carbocycles. The fourth-order valence-electron chi connectivity index (χ4n) is 3.88. The van der Waals surface area contributed by atoms with Crippen LogP contribution in [0, 0.1) is 23.3 Å². The molecule has 34 heavy (non-hydrogen) atoms. The number of halogens is 4. The molecule has 4 rings (SSSR count). The summed E-state index contributed by atoms with van der Waals surface area (Å²) in [5, 5.41) is 0. The Bertz CT molecular complexity index is 1180. The van der Waals surface area contributed by atoms with Crippen LogP contribution in [0.2, 0.25) is 0 Å². The van der Waals surface area contributed by atoms with Gasteiger partial charge in [-0.1, -0.05) is 49.4 Å². The number of hydrogen-bond acceptors (Lipinski definition) is 3. The lowest BCUT2D eigenvalue weighted by molar-refractivity contribution is -0.187. The number of hydrogen-bond donors (Lipinski definition) is 0. The fraction of sp³-hybridized carbons (Fsp3) is 0.259. The largest absolute Gasteiger partial charge is 0.462 e. The van der Waals surface area contributed by atoms with Gasteiger partial charge in [-0.15, -0.1) is 0 Å². The number of allylic oxidation sites excluding steroid dienone is 1. The van der Waals surface area contributed by atoms with Crippen LogP contribution in [0.15, 0.2) is 60.9 Å². The zero-order valence-corrected chi connectivity index (χ0v) is 18.8. The molecule has 1 saturated heterocycles. The van der Waals surface area contributed by atoms with E-state index in [1.807, 2.05) is 6.92 Å². The van der Waals surface area contributed by atoms with E-state index in [2.05, 4.69) is 0 Å². The van der Waals surface area contributed by atoms with Crippen molar-refractivity contribution >= 4 is 0 Å². The van der Waals surface area contributed by atoms with Crippen LogP contribution in [0.3, 0.4) is 0 Å². The van der Waals surface area contributed by atoms with E-state index in [4.69, 9.17) is 14.2 Å². The highest BCUT2D eigenvalue weighted by atomic mass is 19.2. The van der Waals surface area contributed by atoms with Gasteiger partial charge in [0, 0.05) is 17.0 Å². The van der Waals surface area contributed by atoms with Gasteiger partial charge in [-0.2, -0.15) is 4.39 Å². The average molecular weight is 472 g/mol. The highest BCUT2D eigenvalue weighted by molar-refractivity contribution is 5.72. The molecular weight excluding hydrogens is 448 g/mol. The van der Waals surface area contributed by atoms with E-state index in [-0.39, 0.29) is 41.9 Å². The summed E-state index contributed by atoms with van der Waals surface area (Å²) in [6.45, 7) is 4.12. The highest BCUT2D eigenvalue weighted by Crippen LogP contribution is 2.34. The van der Waals surface area contributed by atoms with Crippen LogP contribution in [0.4, 0.5) is 17.6 Å². The molecule has 3 nitrogen and oxygen atoms in total. The van der Waals surface area contributed by atoms with Gasteiger partial charge in [-0.3, -0.25) is 0 Å². The standard InChI is InChI=1S/C27H24F4O3/c1-3-13-32-22-12-11-20(26(30)27(22)31)17-7-5-16(6-8-17)19-9-10-21(25(29)24(19)28)18-14-33-23(4-2)34-15-18/h3,5-13,18,23H,4,14-15H2,1-2H3/b13-3-. The fourth-order valence-corrected chi connectivity index (χ4v) is 3.88. The van der Waals surface area contributed by atoms with Gasteiger partial charge in [-0.05, 0) is 42.2 Å². The minimum atomic E-state index is -1.11. The molecule has 3 aromatic rings. The first kappa shape index (κ1) is 24.0. The molecule has 178 valence electrons. The molecule has 0 unspecified atom stereocenters. The Morgan fingerprint density at radius 1 is 0.794 bits per heavy atom. The third-order valence-electron chi connectivity index (χ3n) is 5.74. The highest BCUT2D eigenvalue weighted by Gasteiger charge is 2.27. The normalized spacial score (nSPS) is 18.4. The van der Waals surface area contributed by atoms with Gasteiger partial charge >= 0.3 is 0 Å². The lowest BCUT2D eigenvalue weighted by Crippen LogP contribution is -2.30. The van der Waals surface area contributed by atoms with E-state index in [1.165, 1.54) is 54.8 Å². The summed E-state index contributed by atoms with van der Waals surface area (Å²) < 4.78 is 74.8. The Kier molecular flexibility index (Phi) is 7.34. The maximum absolute atomic E-state index is 14.9. The second-order valence-electron chi connectivity index (χ2n) is 7.94. The molecule has 3 aromatic carbocycles. The van der Waals surface area contributed by atoms with Gasteiger partial charge in [0.1, 0.15) is 0 Å². The first-order chi connectivity index (χ1) is 16.4. The minimum Gasteiger partial charge on any atom is -0.462 e. The quantitative estimate of drug-likeness (QED) is 0.277. The predicted octanol–water partition coefficient (Wildman–Crippen LogP) is 7.36. The molecule has 0 aromatic heterocycles. The Morgan fingerprint density at radius 2 is 1.35 bits per heavy atom. The minimum absolute atomic E-state index is 0.0292. The van der Waals surface area contributed by atoms with E-state index in [1.54, 1.807) is 13.0 Å². The number of benzene rings is 3. The van der Waals surface area contributed by atoms with Crippen molar-refractivity contribution in [1.82, 2.24) is 0 Å². The van der Waals surface area contributed by atoms with Crippen molar-refractivity contribution < 1.29 is 31.8 Å². The van der Waals surface area contributed by atoms with Crippen LogP contribution in [0.25, 0.3) is 22.3 Å². The summed E-state index contributed by atoms with van der Waals surface area (Å²) in [4.78, 5) is 0. The van der Waals surface area contributed by atoms with Crippen LogP contribution in [-0.4, -0.2) is 19.5 Å². The molecule has 1 aliphatic rings. The zero-order chi connectivity index (χ0) is 24.2. The first-order valence-corrected chi connectivity index (χ1v) is 11.0. The summed E-state index contributed by atoms with van der Waals surface area (Å²) in [5.41, 5.74) is 1.09. The SMILES string of the molecule is C/C=C\Oc1ccc(-c2ccc(-c3ccc(C4COC(CC)OC4)c(F)c3F)cc2)c(F)c1F. The molecule has 0 amide bonds. The van der Waals surface area contributed by atoms with Crippen LogP contribution in [0.5, 0.6) is 5.75 Å². The maximum atomic E-state index is 14.9. The van der Waals surface area contributed by atoms with Crippen molar-refractivity contribution in [2.45, 2.75) is 32.5 Å². The summed E-state index contributed by atoms with van der Waals surface area (Å²) in [5.74, 6) is -4.72. The molecule has 7 heteroatoms. The van der Waals surface area contributed by atoms with E-state index in [0.29, 0.717) is 17.5 Å². The molecule has 1 heterocycles. The van der Waals surface area contributed by atoms with Gasteiger partial charge in [0.25, 0.3) is 0 Å². The molecule has 1 fully saturated rings. The zero-order valence-electron chi connectivity index (χ0n) is 18.8. The van der Waals surface area contributed by atoms with Crippen molar-refractivity contribution in [3.8, 4) is 28.0 Å². The monoisotopic (exact) mass is 472 g/mol. The Hall–Kier alpha value is -3.16. The van der Waals surface area contributed by atoms with Crippen LogP contribution in [0.1, 0.15) is 31.7 Å². The molecule has 0 atom stereocenters. The van der Waals surface area contributed by atoms with Gasteiger partial charge in [0.2, 0.25) is 5.82 Å². The summed E-state index contributed by atoms with van der Waals surface area (Å²) in [6.07, 6.45) is 3.17. The lowest BCUT2D eigenvalue weighted by atomic mass is 9.94. The summed E-state index contributed by atoms with van der Waals surface area (Å²) in [7, 11) is 0. The Labute approximate surface area is 195 Å². The molecular formula is C27H24F4O3. The van der Waals surface area contributed by atoms with Crippen LogP contribution < -0.4 is 4.74 Å². The van der Waals surface area contributed by atoms with Gasteiger partial charge in [0.05, 0.1) is 19.5 Å².